The Kier molecular flexibility index (Phi) is 5.46. The number of benzene rings is 2. The van der Waals surface area contributed by atoms with Crippen LogP contribution in [0, 0.1) is 0 Å². The van der Waals surface area contributed by atoms with E-state index in [-0.39, 0.29) is 23.9 Å². The van der Waals surface area contributed by atoms with E-state index in [1.807, 2.05) is 67.6 Å². The smallest absolute Gasteiger partial charge is 0.278 e. The van der Waals surface area contributed by atoms with Crippen LogP contribution in [0.2, 0.25) is 0 Å². The summed E-state index contributed by atoms with van der Waals surface area (Å²) in [7, 11) is 0. The lowest BCUT2D eigenvalue weighted by atomic mass is 9.98. The second-order valence-corrected chi connectivity index (χ2v) is 6.42. The first kappa shape index (κ1) is 17.2. The van der Waals surface area contributed by atoms with Gasteiger partial charge in [-0.25, -0.2) is 0 Å². The number of nitrogens with one attached hydrogen (secondary N) is 3. The van der Waals surface area contributed by atoms with E-state index in [9.17, 15) is 9.59 Å². The highest BCUT2D eigenvalue weighted by Gasteiger charge is 2.31. The predicted octanol–water partition coefficient (Wildman–Crippen LogP) is 0.295. The summed E-state index contributed by atoms with van der Waals surface area (Å²) in [6.45, 7) is 3.61. The first-order valence-corrected chi connectivity index (χ1v) is 8.66. The fourth-order valence-electron chi connectivity index (χ4n) is 3.19. The Morgan fingerprint density at radius 3 is 2.12 bits per heavy atom. The highest BCUT2D eigenvalue weighted by molar-refractivity contribution is 5.82. The van der Waals surface area contributed by atoms with Crippen LogP contribution in [-0.4, -0.2) is 37.5 Å². The van der Waals surface area contributed by atoms with Crippen LogP contribution in [0.4, 0.5) is 0 Å². The molecule has 0 spiro atoms. The van der Waals surface area contributed by atoms with Crippen LogP contribution in [0.25, 0.3) is 0 Å². The Morgan fingerprint density at radius 1 is 1.04 bits per heavy atom. The maximum absolute atomic E-state index is 12.8. The average Bonchev–Trinajstić information content (AvgIpc) is 2.66. The highest BCUT2D eigenvalue weighted by atomic mass is 16.2. The Bertz CT molecular complexity index is 679. The largest absolute Gasteiger partial charge is 0.346 e. The molecule has 2 amide bonds. The SMILES string of the molecule is C[C@H](C(=O)NC(c1ccccc1)c1ccccc1)[NH+]1CCNC(=O)C1. The molecule has 5 heteroatoms. The van der Waals surface area contributed by atoms with Crippen molar-refractivity contribution in [2.24, 2.45) is 0 Å². The zero-order chi connectivity index (χ0) is 17.6. The van der Waals surface area contributed by atoms with Crippen LogP contribution in [0.5, 0.6) is 0 Å². The molecular formula is C20H24N3O2+. The van der Waals surface area contributed by atoms with Crippen molar-refractivity contribution in [1.82, 2.24) is 10.6 Å². The van der Waals surface area contributed by atoms with Crippen molar-refractivity contribution in [2.45, 2.75) is 19.0 Å². The van der Waals surface area contributed by atoms with Gasteiger partial charge in [0, 0.05) is 0 Å². The topological polar surface area (TPSA) is 62.6 Å². The Morgan fingerprint density at radius 2 is 1.60 bits per heavy atom. The molecule has 1 aliphatic rings. The standard InChI is InChI=1S/C20H23N3O2/c1-15(23-13-12-21-18(24)14-23)20(25)22-19(16-8-4-2-5-9-16)17-10-6-3-7-11-17/h2-11,15,19H,12-14H2,1H3,(H,21,24)(H,22,25)/p+1/t15-/m1/s1. The maximum atomic E-state index is 12.8. The van der Waals surface area contributed by atoms with Gasteiger partial charge in [0.2, 0.25) is 0 Å². The van der Waals surface area contributed by atoms with Gasteiger partial charge in [-0.3, -0.25) is 9.59 Å². The minimum absolute atomic E-state index is 0.00330. The number of rotatable bonds is 5. The van der Waals surface area contributed by atoms with Crippen molar-refractivity contribution < 1.29 is 14.5 Å². The van der Waals surface area contributed by atoms with Crippen molar-refractivity contribution >= 4 is 11.8 Å². The predicted molar refractivity (Wildman–Crippen MR) is 96.0 cm³/mol. The van der Waals surface area contributed by atoms with Crippen molar-refractivity contribution in [3.05, 3.63) is 71.8 Å². The molecule has 0 aliphatic carbocycles. The third-order valence-electron chi connectivity index (χ3n) is 4.71. The molecule has 130 valence electrons. The van der Waals surface area contributed by atoms with Crippen LogP contribution >= 0.6 is 0 Å². The number of hydrogen-bond donors (Lipinski definition) is 3. The summed E-state index contributed by atoms with van der Waals surface area (Å²) in [6, 6.07) is 19.4. The van der Waals surface area contributed by atoms with Crippen molar-refractivity contribution in [1.29, 1.82) is 0 Å². The van der Waals surface area contributed by atoms with E-state index in [1.54, 1.807) is 0 Å². The summed E-state index contributed by atoms with van der Waals surface area (Å²) >= 11 is 0. The van der Waals surface area contributed by atoms with Gasteiger partial charge in [0.1, 0.15) is 0 Å². The van der Waals surface area contributed by atoms with Gasteiger partial charge in [-0.15, -0.1) is 0 Å². The van der Waals surface area contributed by atoms with Gasteiger partial charge >= 0.3 is 0 Å². The summed E-state index contributed by atoms with van der Waals surface area (Å²) in [5, 5.41) is 5.98. The van der Waals surface area contributed by atoms with E-state index in [4.69, 9.17) is 0 Å². The number of quaternary nitrogens is 1. The summed E-state index contributed by atoms with van der Waals surface area (Å²) in [4.78, 5) is 25.4. The summed E-state index contributed by atoms with van der Waals surface area (Å²) in [5.41, 5.74) is 2.08. The average molecular weight is 338 g/mol. The summed E-state index contributed by atoms with van der Waals surface area (Å²) in [6.07, 6.45) is 0. The lowest BCUT2D eigenvalue weighted by molar-refractivity contribution is -0.907. The molecule has 3 N–H and O–H groups in total. The van der Waals surface area contributed by atoms with Crippen LogP contribution in [0.3, 0.4) is 0 Å². The lowest BCUT2D eigenvalue weighted by Gasteiger charge is -2.29. The molecule has 2 aromatic carbocycles. The first-order chi connectivity index (χ1) is 12.1. The molecule has 2 aromatic rings. The van der Waals surface area contributed by atoms with E-state index < -0.39 is 0 Å². The molecule has 2 atom stereocenters. The zero-order valence-electron chi connectivity index (χ0n) is 14.4. The first-order valence-electron chi connectivity index (χ1n) is 8.66. The van der Waals surface area contributed by atoms with E-state index in [0.29, 0.717) is 13.1 Å². The van der Waals surface area contributed by atoms with Gasteiger partial charge in [-0.1, -0.05) is 60.7 Å². The molecule has 0 aromatic heterocycles. The minimum Gasteiger partial charge on any atom is -0.346 e. The number of amides is 2. The van der Waals surface area contributed by atoms with Gasteiger partial charge in [0.05, 0.1) is 19.1 Å². The van der Waals surface area contributed by atoms with Gasteiger partial charge < -0.3 is 15.5 Å². The molecule has 0 radical (unpaired) electrons. The van der Waals surface area contributed by atoms with E-state index in [0.717, 1.165) is 22.6 Å². The Hall–Kier alpha value is -2.66. The van der Waals surface area contributed by atoms with E-state index >= 15 is 0 Å². The van der Waals surface area contributed by atoms with Crippen LogP contribution < -0.4 is 15.5 Å². The van der Waals surface area contributed by atoms with Crippen LogP contribution in [-0.2, 0) is 9.59 Å². The number of carbonyl (C=O) groups excluding carboxylic acids is 2. The molecule has 3 rings (SSSR count). The Balaban J connectivity index is 1.78. The zero-order valence-corrected chi connectivity index (χ0v) is 14.4. The molecule has 1 saturated heterocycles. The van der Waals surface area contributed by atoms with E-state index in [1.165, 1.54) is 0 Å². The maximum Gasteiger partial charge on any atom is 0.278 e. The van der Waals surface area contributed by atoms with Gasteiger partial charge in [-0.05, 0) is 18.1 Å². The molecule has 0 saturated carbocycles. The molecular weight excluding hydrogens is 314 g/mol. The van der Waals surface area contributed by atoms with Gasteiger partial charge in [0.15, 0.2) is 12.6 Å². The fourth-order valence-corrected chi connectivity index (χ4v) is 3.19. The monoisotopic (exact) mass is 338 g/mol. The number of hydrogen-bond acceptors (Lipinski definition) is 2. The molecule has 0 bridgehead atoms. The minimum atomic E-state index is -0.277. The van der Waals surface area contributed by atoms with Gasteiger partial charge in [0.25, 0.3) is 11.8 Å². The quantitative estimate of drug-likeness (QED) is 0.734. The van der Waals surface area contributed by atoms with Crippen molar-refractivity contribution in [3.8, 4) is 0 Å². The molecule has 1 heterocycles. The third kappa shape index (κ3) is 4.25. The number of carbonyl (C=O) groups is 2. The van der Waals surface area contributed by atoms with Crippen LogP contribution in [0.15, 0.2) is 60.7 Å². The molecule has 1 aliphatic heterocycles. The van der Waals surface area contributed by atoms with Crippen molar-refractivity contribution in [3.63, 3.8) is 0 Å². The molecule has 1 fully saturated rings. The summed E-state index contributed by atoms with van der Waals surface area (Å²) < 4.78 is 0. The molecule has 25 heavy (non-hydrogen) atoms. The van der Waals surface area contributed by atoms with Crippen molar-refractivity contribution in [2.75, 3.05) is 19.6 Å². The highest BCUT2D eigenvalue weighted by Crippen LogP contribution is 2.21. The van der Waals surface area contributed by atoms with Gasteiger partial charge in [-0.2, -0.15) is 0 Å². The Labute approximate surface area is 148 Å². The second-order valence-electron chi connectivity index (χ2n) is 6.42. The third-order valence-corrected chi connectivity index (χ3v) is 4.71. The van der Waals surface area contributed by atoms with Crippen LogP contribution in [0.1, 0.15) is 24.1 Å². The molecule has 1 unspecified atom stereocenters. The summed E-state index contributed by atoms with van der Waals surface area (Å²) in [5.74, 6) is -0.0361. The second kappa shape index (κ2) is 7.94. The lowest BCUT2D eigenvalue weighted by Crippen LogP contribution is -3.19. The fraction of sp³-hybridized carbons (Fsp3) is 0.300. The number of piperazine rings is 1. The normalized spacial score (nSPS) is 18.5. The van der Waals surface area contributed by atoms with E-state index in [2.05, 4.69) is 10.6 Å². The molecule has 5 nitrogen and oxygen atoms in total.